The van der Waals surface area contributed by atoms with Crippen LogP contribution in [0.3, 0.4) is 0 Å². The molecule has 2 N–H and O–H groups in total. The molecular weight excluding hydrogens is 335 g/mol. The van der Waals surface area contributed by atoms with Crippen LogP contribution >= 0.6 is 23.2 Å². The zero-order valence-electron chi connectivity index (χ0n) is 12.9. The van der Waals surface area contributed by atoms with E-state index in [0.29, 0.717) is 27.2 Å². The normalized spacial score (nSPS) is 10.5. The Hall–Kier alpha value is -1.91. The number of rotatable bonds is 6. The SMILES string of the molecule is CC(C)Oc1cccc(NC(=O)CNc2cc(Cl)ccc2Cl)c1. The summed E-state index contributed by atoms with van der Waals surface area (Å²) in [6, 6.07) is 12.3. The molecule has 4 nitrogen and oxygen atoms in total. The van der Waals surface area contributed by atoms with Gasteiger partial charge >= 0.3 is 0 Å². The van der Waals surface area contributed by atoms with E-state index in [-0.39, 0.29) is 18.6 Å². The van der Waals surface area contributed by atoms with Gasteiger partial charge in [-0.3, -0.25) is 4.79 Å². The summed E-state index contributed by atoms with van der Waals surface area (Å²) in [5.74, 6) is 0.520. The van der Waals surface area contributed by atoms with Gasteiger partial charge in [-0.05, 0) is 44.2 Å². The molecule has 0 aliphatic rings. The van der Waals surface area contributed by atoms with Gasteiger partial charge in [-0.25, -0.2) is 0 Å². The molecule has 0 spiro atoms. The lowest BCUT2D eigenvalue weighted by atomic mass is 10.3. The summed E-state index contributed by atoms with van der Waals surface area (Å²) in [7, 11) is 0. The molecule has 0 aliphatic carbocycles. The minimum atomic E-state index is -0.192. The van der Waals surface area contributed by atoms with E-state index in [4.69, 9.17) is 27.9 Å². The van der Waals surface area contributed by atoms with E-state index in [9.17, 15) is 4.79 Å². The highest BCUT2D eigenvalue weighted by Crippen LogP contribution is 2.25. The fourth-order valence-electron chi connectivity index (χ4n) is 1.93. The standard InChI is InChI=1S/C17H18Cl2N2O2/c1-11(2)23-14-5-3-4-13(9-14)21-17(22)10-20-16-8-12(18)6-7-15(16)19/h3-9,11,20H,10H2,1-2H3,(H,21,22). The fourth-order valence-corrected chi connectivity index (χ4v) is 2.29. The molecule has 0 saturated carbocycles. The summed E-state index contributed by atoms with van der Waals surface area (Å²) in [6.07, 6.45) is 0.0765. The Kier molecular flexibility index (Phi) is 6.13. The lowest BCUT2D eigenvalue weighted by Gasteiger charge is -2.12. The number of carbonyl (C=O) groups excluding carboxylic acids is 1. The van der Waals surface area contributed by atoms with Gasteiger partial charge in [0.15, 0.2) is 0 Å². The van der Waals surface area contributed by atoms with Gasteiger partial charge in [-0.2, -0.15) is 0 Å². The number of amides is 1. The van der Waals surface area contributed by atoms with E-state index in [1.807, 2.05) is 26.0 Å². The molecule has 1 amide bonds. The zero-order chi connectivity index (χ0) is 16.8. The molecule has 0 radical (unpaired) electrons. The molecule has 0 aliphatic heterocycles. The van der Waals surface area contributed by atoms with Crippen molar-refractivity contribution in [2.75, 3.05) is 17.2 Å². The molecule has 0 heterocycles. The first-order chi connectivity index (χ1) is 10.9. The topological polar surface area (TPSA) is 50.4 Å². The van der Waals surface area contributed by atoms with Crippen molar-refractivity contribution in [1.29, 1.82) is 0 Å². The van der Waals surface area contributed by atoms with Crippen LogP contribution in [0.15, 0.2) is 42.5 Å². The van der Waals surface area contributed by atoms with Crippen LogP contribution in [0.5, 0.6) is 5.75 Å². The fraction of sp³-hybridized carbons (Fsp3) is 0.235. The number of nitrogens with one attached hydrogen (secondary N) is 2. The molecule has 6 heteroatoms. The highest BCUT2D eigenvalue weighted by molar-refractivity contribution is 6.35. The second kappa shape index (κ2) is 8.09. The van der Waals surface area contributed by atoms with Gasteiger partial charge in [0, 0.05) is 16.8 Å². The summed E-state index contributed by atoms with van der Waals surface area (Å²) < 4.78 is 5.60. The van der Waals surface area contributed by atoms with E-state index >= 15 is 0 Å². The van der Waals surface area contributed by atoms with E-state index in [2.05, 4.69) is 10.6 Å². The Morgan fingerprint density at radius 2 is 1.96 bits per heavy atom. The van der Waals surface area contributed by atoms with E-state index in [0.717, 1.165) is 0 Å². The van der Waals surface area contributed by atoms with Gasteiger partial charge in [-0.1, -0.05) is 29.3 Å². The lowest BCUT2D eigenvalue weighted by molar-refractivity contribution is -0.114. The number of hydrogen-bond acceptors (Lipinski definition) is 3. The Balaban J connectivity index is 1.93. The van der Waals surface area contributed by atoms with Gasteiger partial charge in [0.1, 0.15) is 5.75 Å². The average molecular weight is 353 g/mol. The number of halogens is 2. The van der Waals surface area contributed by atoms with Crippen LogP contribution in [0.2, 0.25) is 10.0 Å². The number of benzene rings is 2. The Bertz CT molecular complexity index is 690. The summed E-state index contributed by atoms with van der Waals surface area (Å²) in [5.41, 5.74) is 1.29. The van der Waals surface area contributed by atoms with Crippen LogP contribution in [0.1, 0.15) is 13.8 Å². The van der Waals surface area contributed by atoms with Crippen LogP contribution in [0, 0.1) is 0 Å². The largest absolute Gasteiger partial charge is 0.491 e. The van der Waals surface area contributed by atoms with Crippen molar-refractivity contribution >= 4 is 40.5 Å². The molecule has 0 aromatic heterocycles. The van der Waals surface area contributed by atoms with Crippen molar-refractivity contribution < 1.29 is 9.53 Å². The van der Waals surface area contributed by atoms with Crippen LogP contribution in [-0.4, -0.2) is 18.6 Å². The summed E-state index contributed by atoms with van der Waals surface area (Å²) in [5, 5.41) is 6.82. The number of hydrogen-bond donors (Lipinski definition) is 2. The maximum atomic E-state index is 12.0. The Morgan fingerprint density at radius 3 is 2.70 bits per heavy atom. The molecule has 0 unspecified atom stereocenters. The molecule has 122 valence electrons. The minimum Gasteiger partial charge on any atom is -0.491 e. The first-order valence-corrected chi connectivity index (χ1v) is 7.95. The predicted molar refractivity (Wildman–Crippen MR) is 95.8 cm³/mol. The summed E-state index contributed by atoms with van der Waals surface area (Å²) in [4.78, 5) is 12.0. The third-order valence-electron chi connectivity index (χ3n) is 2.86. The highest BCUT2D eigenvalue weighted by Gasteiger charge is 2.06. The van der Waals surface area contributed by atoms with Crippen molar-refractivity contribution in [2.24, 2.45) is 0 Å². The molecule has 0 atom stereocenters. The zero-order valence-corrected chi connectivity index (χ0v) is 14.4. The first kappa shape index (κ1) is 17.4. The van der Waals surface area contributed by atoms with Crippen molar-refractivity contribution in [1.82, 2.24) is 0 Å². The summed E-state index contributed by atoms with van der Waals surface area (Å²) >= 11 is 11.9. The van der Waals surface area contributed by atoms with Gasteiger partial charge in [-0.15, -0.1) is 0 Å². The van der Waals surface area contributed by atoms with Crippen LogP contribution in [0.25, 0.3) is 0 Å². The molecule has 2 aromatic carbocycles. The average Bonchev–Trinajstić information content (AvgIpc) is 2.48. The van der Waals surface area contributed by atoms with E-state index < -0.39 is 0 Å². The second-order valence-corrected chi connectivity index (χ2v) is 6.06. The number of carbonyl (C=O) groups is 1. The smallest absolute Gasteiger partial charge is 0.243 e. The number of ether oxygens (including phenoxy) is 1. The van der Waals surface area contributed by atoms with Crippen molar-refractivity contribution in [3.63, 3.8) is 0 Å². The molecule has 23 heavy (non-hydrogen) atoms. The minimum absolute atomic E-state index is 0.0765. The van der Waals surface area contributed by atoms with Gasteiger partial charge in [0.2, 0.25) is 5.91 Å². The van der Waals surface area contributed by atoms with Crippen LogP contribution in [-0.2, 0) is 4.79 Å². The molecular formula is C17H18Cl2N2O2. The highest BCUT2D eigenvalue weighted by atomic mass is 35.5. The second-order valence-electron chi connectivity index (χ2n) is 5.22. The van der Waals surface area contributed by atoms with Crippen LogP contribution in [0.4, 0.5) is 11.4 Å². The van der Waals surface area contributed by atoms with Gasteiger partial charge in [0.25, 0.3) is 0 Å². The quantitative estimate of drug-likeness (QED) is 0.782. The number of anilines is 2. The monoisotopic (exact) mass is 352 g/mol. The van der Waals surface area contributed by atoms with Crippen LogP contribution < -0.4 is 15.4 Å². The Morgan fingerprint density at radius 1 is 1.17 bits per heavy atom. The maximum Gasteiger partial charge on any atom is 0.243 e. The molecule has 0 fully saturated rings. The molecule has 2 aromatic rings. The molecule has 2 rings (SSSR count). The van der Waals surface area contributed by atoms with E-state index in [1.54, 1.807) is 30.3 Å². The third kappa shape index (κ3) is 5.66. The summed E-state index contributed by atoms with van der Waals surface area (Å²) in [6.45, 7) is 3.98. The van der Waals surface area contributed by atoms with Crippen molar-refractivity contribution in [3.8, 4) is 5.75 Å². The van der Waals surface area contributed by atoms with Gasteiger partial charge < -0.3 is 15.4 Å². The molecule has 0 saturated heterocycles. The van der Waals surface area contributed by atoms with Gasteiger partial charge in [0.05, 0.1) is 23.4 Å². The third-order valence-corrected chi connectivity index (χ3v) is 3.42. The predicted octanol–water partition coefficient (Wildman–Crippen LogP) is 4.83. The maximum absolute atomic E-state index is 12.0. The Labute approximate surface area is 145 Å². The first-order valence-electron chi connectivity index (χ1n) is 7.19. The molecule has 0 bridgehead atoms. The van der Waals surface area contributed by atoms with Crippen molar-refractivity contribution in [2.45, 2.75) is 20.0 Å². The lowest BCUT2D eigenvalue weighted by Crippen LogP contribution is -2.21. The van der Waals surface area contributed by atoms with E-state index in [1.165, 1.54) is 0 Å². The van der Waals surface area contributed by atoms with Crippen molar-refractivity contribution in [3.05, 3.63) is 52.5 Å².